The van der Waals surface area contributed by atoms with Crippen LogP contribution in [-0.4, -0.2) is 16.5 Å². The van der Waals surface area contributed by atoms with Crippen LogP contribution in [0, 0.1) is 0 Å². The van der Waals surface area contributed by atoms with Crippen molar-refractivity contribution in [2.45, 2.75) is 12.5 Å². The third kappa shape index (κ3) is 1.46. The van der Waals surface area contributed by atoms with Crippen LogP contribution in [0.2, 0.25) is 0 Å². The second-order valence-electron chi connectivity index (χ2n) is 2.78. The monoisotopic (exact) mass is 166 g/mol. The lowest BCUT2D eigenvalue weighted by molar-refractivity contribution is -0.123. The zero-order chi connectivity index (χ0) is 9.19. The number of para-hydroxylation sites is 1. The minimum atomic E-state index is -1.61. The number of aldehydes is 1. The Labute approximate surface area is 70.3 Å². The van der Waals surface area contributed by atoms with Crippen molar-refractivity contribution in [3.63, 3.8) is 0 Å². The maximum atomic E-state index is 10.4. The summed E-state index contributed by atoms with van der Waals surface area (Å²) in [7, 11) is 0. The van der Waals surface area contributed by atoms with Crippen LogP contribution in [0.4, 0.5) is 0 Å². The van der Waals surface area contributed by atoms with Crippen LogP contribution in [0.15, 0.2) is 24.3 Å². The first kappa shape index (κ1) is 8.74. The molecule has 0 aliphatic rings. The third-order valence-electron chi connectivity index (χ3n) is 1.68. The van der Waals surface area contributed by atoms with Gasteiger partial charge in [0.15, 0.2) is 6.29 Å². The van der Waals surface area contributed by atoms with E-state index in [1.165, 1.54) is 19.1 Å². The van der Waals surface area contributed by atoms with Crippen LogP contribution in [0.5, 0.6) is 5.75 Å². The zero-order valence-corrected chi connectivity index (χ0v) is 6.69. The van der Waals surface area contributed by atoms with E-state index in [1.54, 1.807) is 12.1 Å². The van der Waals surface area contributed by atoms with Crippen LogP contribution in [0.25, 0.3) is 0 Å². The molecular weight excluding hydrogens is 156 g/mol. The number of hydrogen-bond donors (Lipinski definition) is 2. The van der Waals surface area contributed by atoms with Crippen molar-refractivity contribution in [2.75, 3.05) is 0 Å². The van der Waals surface area contributed by atoms with E-state index in [0.717, 1.165) is 0 Å². The summed E-state index contributed by atoms with van der Waals surface area (Å²) in [5.41, 5.74) is -1.38. The van der Waals surface area contributed by atoms with Crippen molar-refractivity contribution in [1.29, 1.82) is 0 Å². The van der Waals surface area contributed by atoms with Gasteiger partial charge < -0.3 is 10.2 Å². The van der Waals surface area contributed by atoms with Gasteiger partial charge in [-0.25, -0.2) is 0 Å². The van der Waals surface area contributed by atoms with Gasteiger partial charge in [-0.15, -0.1) is 0 Å². The Kier molecular flexibility index (Phi) is 2.15. The highest BCUT2D eigenvalue weighted by molar-refractivity contribution is 5.66. The summed E-state index contributed by atoms with van der Waals surface area (Å²) in [6.07, 6.45) is 0.391. The van der Waals surface area contributed by atoms with Crippen molar-refractivity contribution in [3.05, 3.63) is 29.8 Å². The molecule has 1 atom stereocenters. The molecule has 0 bridgehead atoms. The van der Waals surface area contributed by atoms with Gasteiger partial charge in [0.2, 0.25) is 0 Å². The van der Waals surface area contributed by atoms with Crippen molar-refractivity contribution in [3.8, 4) is 5.75 Å². The predicted molar refractivity (Wildman–Crippen MR) is 43.7 cm³/mol. The number of carbonyl (C=O) groups excluding carboxylic acids is 1. The molecule has 1 rings (SSSR count). The minimum absolute atomic E-state index is 0.0744. The fraction of sp³-hybridized carbons (Fsp3) is 0.222. The Morgan fingerprint density at radius 1 is 1.42 bits per heavy atom. The Balaban J connectivity index is 3.19. The molecule has 0 aliphatic carbocycles. The predicted octanol–water partition coefficient (Wildman–Crippen LogP) is 0.799. The molecule has 0 heterocycles. The first-order chi connectivity index (χ1) is 5.58. The van der Waals surface area contributed by atoms with Gasteiger partial charge in [0.05, 0.1) is 0 Å². The lowest BCUT2D eigenvalue weighted by atomic mass is 9.97. The molecule has 1 aromatic carbocycles. The van der Waals surface area contributed by atoms with E-state index in [0.29, 0.717) is 6.29 Å². The van der Waals surface area contributed by atoms with Gasteiger partial charge >= 0.3 is 0 Å². The summed E-state index contributed by atoms with van der Waals surface area (Å²) in [5.74, 6) is -0.0744. The standard InChI is InChI=1S/C9H10O3/c1-9(12,6-10)7-4-2-3-5-8(7)11/h2-6,11-12H,1H3. The lowest BCUT2D eigenvalue weighted by Crippen LogP contribution is -2.22. The number of rotatable bonds is 2. The summed E-state index contributed by atoms with van der Waals surface area (Å²) >= 11 is 0. The fourth-order valence-corrected chi connectivity index (χ4v) is 0.965. The number of carbonyl (C=O) groups is 1. The maximum absolute atomic E-state index is 10.4. The largest absolute Gasteiger partial charge is 0.508 e. The quantitative estimate of drug-likeness (QED) is 0.639. The molecule has 3 nitrogen and oxygen atoms in total. The Hall–Kier alpha value is -1.35. The molecule has 64 valence electrons. The molecule has 0 saturated heterocycles. The van der Waals surface area contributed by atoms with Crippen molar-refractivity contribution >= 4 is 6.29 Å². The summed E-state index contributed by atoms with van der Waals surface area (Å²) < 4.78 is 0. The fourth-order valence-electron chi connectivity index (χ4n) is 0.965. The number of aromatic hydroxyl groups is 1. The highest BCUT2D eigenvalue weighted by Crippen LogP contribution is 2.26. The van der Waals surface area contributed by atoms with Crippen LogP contribution < -0.4 is 0 Å². The van der Waals surface area contributed by atoms with Gasteiger partial charge in [-0.1, -0.05) is 18.2 Å². The normalized spacial score (nSPS) is 15.2. The maximum Gasteiger partial charge on any atom is 0.155 e. The first-order valence-corrected chi connectivity index (χ1v) is 3.55. The highest BCUT2D eigenvalue weighted by atomic mass is 16.3. The van der Waals surface area contributed by atoms with Crippen molar-refractivity contribution in [2.24, 2.45) is 0 Å². The molecule has 0 amide bonds. The molecule has 1 aromatic rings. The molecule has 1 unspecified atom stereocenters. The lowest BCUT2D eigenvalue weighted by Gasteiger charge is -2.16. The first-order valence-electron chi connectivity index (χ1n) is 3.55. The smallest absolute Gasteiger partial charge is 0.155 e. The van der Waals surface area contributed by atoms with E-state index in [9.17, 15) is 15.0 Å². The summed E-state index contributed by atoms with van der Waals surface area (Å²) in [6.45, 7) is 1.33. The second-order valence-corrected chi connectivity index (χ2v) is 2.78. The van der Waals surface area contributed by atoms with Crippen LogP contribution in [0.1, 0.15) is 12.5 Å². The second kappa shape index (κ2) is 2.95. The molecule has 3 heteroatoms. The molecule has 0 aliphatic heterocycles. The Bertz CT molecular complexity index is 292. The molecule has 0 saturated carbocycles. The molecule has 0 fully saturated rings. The molecule has 2 N–H and O–H groups in total. The third-order valence-corrected chi connectivity index (χ3v) is 1.68. The van der Waals surface area contributed by atoms with E-state index < -0.39 is 5.60 Å². The summed E-state index contributed by atoms with van der Waals surface area (Å²) in [4.78, 5) is 10.4. The van der Waals surface area contributed by atoms with Gasteiger partial charge in [-0.3, -0.25) is 4.79 Å². The summed E-state index contributed by atoms with van der Waals surface area (Å²) in [5, 5.41) is 18.7. The number of phenols is 1. The molecule has 0 spiro atoms. The average Bonchev–Trinajstić information content (AvgIpc) is 2.05. The topological polar surface area (TPSA) is 57.5 Å². The van der Waals surface area contributed by atoms with E-state index in [2.05, 4.69) is 0 Å². The van der Waals surface area contributed by atoms with Gasteiger partial charge in [0, 0.05) is 5.56 Å². The molecule has 12 heavy (non-hydrogen) atoms. The Morgan fingerprint density at radius 3 is 2.50 bits per heavy atom. The zero-order valence-electron chi connectivity index (χ0n) is 6.69. The highest BCUT2D eigenvalue weighted by Gasteiger charge is 2.24. The van der Waals surface area contributed by atoms with Crippen LogP contribution in [0.3, 0.4) is 0 Å². The number of phenolic OH excluding ortho intramolecular Hbond substituents is 1. The number of aliphatic hydroxyl groups is 1. The van der Waals surface area contributed by atoms with E-state index in [-0.39, 0.29) is 11.3 Å². The average molecular weight is 166 g/mol. The SMILES string of the molecule is CC(O)(C=O)c1ccccc1O. The number of benzene rings is 1. The van der Waals surface area contributed by atoms with Crippen LogP contribution >= 0.6 is 0 Å². The Morgan fingerprint density at radius 2 is 2.00 bits per heavy atom. The van der Waals surface area contributed by atoms with Crippen LogP contribution in [-0.2, 0) is 10.4 Å². The van der Waals surface area contributed by atoms with Gasteiger partial charge in [-0.2, -0.15) is 0 Å². The van der Waals surface area contributed by atoms with Gasteiger partial charge in [0.1, 0.15) is 11.4 Å². The van der Waals surface area contributed by atoms with Crippen molar-refractivity contribution in [1.82, 2.24) is 0 Å². The summed E-state index contributed by atoms with van der Waals surface area (Å²) in [6, 6.07) is 6.20. The molecular formula is C9H10O3. The minimum Gasteiger partial charge on any atom is -0.508 e. The van der Waals surface area contributed by atoms with Gasteiger partial charge in [-0.05, 0) is 13.0 Å². The van der Waals surface area contributed by atoms with E-state index >= 15 is 0 Å². The molecule has 0 aromatic heterocycles. The van der Waals surface area contributed by atoms with E-state index in [4.69, 9.17) is 0 Å². The van der Waals surface area contributed by atoms with E-state index in [1.807, 2.05) is 0 Å². The van der Waals surface area contributed by atoms with Gasteiger partial charge in [0.25, 0.3) is 0 Å². The van der Waals surface area contributed by atoms with Crippen molar-refractivity contribution < 1.29 is 15.0 Å². The molecule has 0 radical (unpaired) electrons. The number of hydrogen-bond acceptors (Lipinski definition) is 3.